The van der Waals surface area contributed by atoms with Crippen molar-refractivity contribution in [3.8, 4) is 11.5 Å². The van der Waals surface area contributed by atoms with Crippen LogP contribution in [0.25, 0.3) is 0 Å². The molecule has 0 bridgehead atoms. The number of carbonyl (C=O) groups is 1. The summed E-state index contributed by atoms with van der Waals surface area (Å²) in [5.41, 5.74) is 0. The second-order valence-corrected chi connectivity index (χ2v) is 5.77. The lowest BCUT2D eigenvalue weighted by atomic mass is 9.95. The van der Waals surface area contributed by atoms with E-state index in [9.17, 15) is 4.79 Å². The van der Waals surface area contributed by atoms with Gasteiger partial charge in [0.15, 0.2) is 0 Å². The Morgan fingerprint density at radius 1 is 1.32 bits per heavy atom. The Bertz CT molecular complexity index is 461. The molecule has 1 heterocycles. The van der Waals surface area contributed by atoms with Gasteiger partial charge in [0.05, 0.1) is 13.7 Å². The molecule has 0 spiro atoms. The van der Waals surface area contributed by atoms with E-state index >= 15 is 0 Å². The second kappa shape index (κ2) is 8.63. The molecule has 1 aliphatic heterocycles. The van der Waals surface area contributed by atoms with Gasteiger partial charge in [-0.1, -0.05) is 6.92 Å². The standard InChI is InChI=1S/C17H26N2O3/c1-13-12-18-10-9-16(13)19-17(20)4-3-11-22-15-7-5-14(21-2)6-8-15/h5-8,13,16,18H,3-4,9-12H2,1-2H3,(H,19,20). The first-order valence-corrected chi connectivity index (χ1v) is 7.96. The van der Waals surface area contributed by atoms with Crippen molar-refractivity contribution in [1.82, 2.24) is 10.6 Å². The summed E-state index contributed by atoms with van der Waals surface area (Å²) in [5.74, 6) is 2.22. The predicted molar refractivity (Wildman–Crippen MR) is 86.3 cm³/mol. The Kier molecular flexibility index (Phi) is 6.52. The molecular formula is C17H26N2O3. The molecule has 1 aromatic carbocycles. The molecule has 1 amide bonds. The first-order chi connectivity index (χ1) is 10.7. The van der Waals surface area contributed by atoms with Crippen molar-refractivity contribution >= 4 is 5.91 Å². The van der Waals surface area contributed by atoms with Crippen LogP contribution in [0.3, 0.4) is 0 Å². The number of ether oxygens (including phenoxy) is 2. The number of carbonyl (C=O) groups excluding carboxylic acids is 1. The topological polar surface area (TPSA) is 59.6 Å². The zero-order valence-electron chi connectivity index (χ0n) is 13.4. The van der Waals surface area contributed by atoms with Gasteiger partial charge in [-0.2, -0.15) is 0 Å². The van der Waals surface area contributed by atoms with E-state index in [4.69, 9.17) is 9.47 Å². The van der Waals surface area contributed by atoms with E-state index in [1.165, 1.54) is 0 Å². The van der Waals surface area contributed by atoms with E-state index in [2.05, 4.69) is 17.6 Å². The monoisotopic (exact) mass is 306 g/mol. The van der Waals surface area contributed by atoms with E-state index in [1.54, 1.807) is 7.11 Å². The minimum atomic E-state index is 0.122. The van der Waals surface area contributed by atoms with E-state index in [1.807, 2.05) is 24.3 Å². The Morgan fingerprint density at radius 3 is 2.73 bits per heavy atom. The van der Waals surface area contributed by atoms with Crippen LogP contribution < -0.4 is 20.1 Å². The van der Waals surface area contributed by atoms with Crippen LogP contribution in [0.2, 0.25) is 0 Å². The van der Waals surface area contributed by atoms with Crippen LogP contribution in [0, 0.1) is 5.92 Å². The van der Waals surface area contributed by atoms with Crippen LogP contribution in [-0.4, -0.2) is 38.8 Å². The number of piperidine rings is 1. The number of amides is 1. The third-order valence-corrected chi connectivity index (χ3v) is 4.01. The molecule has 0 aromatic heterocycles. The summed E-state index contributed by atoms with van der Waals surface area (Å²) >= 11 is 0. The quantitative estimate of drug-likeness (QED) is 0.756. The molecule has 122 valence electrons. The molecule has 1 saturated heterocycles. The zero-order chi connectivity index (χ0) is 15.8. The largest absolute Gasteiger partial charge is 0.497 e. The summed E-state index contributed by atoms with van der Waals surface area (Å²) < 4.78 is 10.7. The van der Waals surface area contributed by atoms with E-state index in [0.717, 1.165) is 37.4 Å². The van der Waals surface area contributed by atoms with Crippen molar-refractivity contribution in [1.29, 1.82) is 0 Å². The van der Waals surface area contributed by atoms with Crippen molar-refractivity contribution in [3.05, 3.63) is 24.3 Å². The molecule has 2 atom stereocenters. The molecule has 0 saturated carbocycles. The van der Waals surface area contributed by atoms with E-state index in [0.29, 0.717) is 25.0 Å². The van der Waals surface area contributed by atoms with Crippen molar-refractivity contribution < 1.29 is 14.3 Å². The van der Waals surface area contributed by atoms with Crippen LogP contribution in [0.1, 0.15) is 26.2 Å². The van der Waals surface area contributed by atoms with Gasteiger partial charge in [-0.15, -0.1) is 0 Å². The number of benzene rings is 1. The summed E-state index contributed by atoms with van der Waals surface area (Å²) in [6.45, 7) is 4.67. The second-order valence-electron chi connectivity index (χ2n) is 5.77. The van der Waals surface area contributed by atoms with Gasteiger partial charge in [-0.05, 0) is 56.1 Å². The predicted octanol–water partition coefficient (Wildman–Crippen LogP) is 1.97. The van der Waals surface area contributed by atoms with E-state index in [-0.39, 0.29) is 5.91 Å². The van der Waals surface area contributed by atoms with Crippen LogP contribution in [0.15, 0.2) is 24.3 Å². The molecular weight excluding hydrogens is 280 g/mol. The van der Waals surface area contributed by atoms with Crippen molar-refractivity contribution in [2.45, 2.75) is 32.2 Å². The lowest BCUT2D eigenvalue weighted by Crippen LogP contribution is -2.48. The van der Waals surface area contributed by atoms with Gasteiger partial charge in [-0.3, -0.25) is 4.79 Å². The maximum atomic E-state index is 11.9. The third kappa shape index (κ3) is 5.22. The molecule has 1 aromatic rings. The maximum Gasteiger partial charge on any atom is 0.220 e. The Hall–Kier alpha value is -1.75. The molecule has 2 rings (SSSR count). The highest BCUT2D eigenvalue weighted by Crippen LogP contribution is 2.17. The molecule has 2 unspecified atom stereocenters. The highest BCUT2D eigenvalue weighted by molar-refractivity contribution is 5.76. The van der Waals surface area contributed by atoms with Crippen LogP contribution >= 0.6 is 0 Å². The normalized spacial score (nSPS) is 21.2. The molecule has 5 heteroatoms. The average Bonchev–Trinajstić information content (AvgIpc) is 2.54. The van der Waals surface area contributed by atoms with Gasteiger partial charge in [0.2, 0.25) is 5.91 Å². The molecule has 0 aliphatic carbocycles. The van der Waals surface area contributed by atoms with Crippen molar-refractivity contribution in [2.75, 3.05) is 26.8 Å². The zero-order valence-corrected chi connectivity index (χ0v) is 13.4. The van der Waals surface area contributed by atoms with Gasteiger partial charge in [0.25, 0.3) is 0 Å². The van der Waals surface area contributed by atoms with Crippen LogP contribution in [0.4, 0.5) is 0 Å². The smallest absolute Gasteiger partial charge is 0.220 e. The molecule has 1 fully saturated rings. The van der Waals surface area contributed by atoms with Gasteiger partial charge >= 0.3 is 0 Å². The third-order valence-electron chi connectivity index (χ3n) is 4.01. The summed E-state index contributed by atoms with van der Waals surface area (Å²) in [6, 6.07) is 7.77. The molecule has 1 aliphatic rings. The van der Waals surface area contributed by atoms with Gasteiger partial charge in [-0.25, -0.2) is 0 Å². The highest BCUT2D eigenvalue weighted by atomic mass is 16.5. The summed E-state index contributed by atoms with van der Waals surface area (Å²) in [7, 11) is 1.64. The minimum Gasteiger partial charge on any atom is -0.497 e. The van der Waals surface area contributed by atoms with Crippen molar-refractivity contribution in [3.63, 3.8) is 0 Å². The average molecular weight is 306 g/mol. The lowest BCUT2D eigenvalue weighted by Gasteiger charge is -2.30. The molecule has 22 heavy (non-hydrogen) atoms. The Morgan fingerprint density at radius 2 is 2.05 bits per heavy atom. The summed E-state index contributed by atoms with van der Waals surface area (Å²) in [5, 5.41) is 6.47. The number of methoxy groups -OCH3 is 1. The van der Waals surface area contributed by atoms with E-state index < -0.39 is 0 Å². The first-order valence-electron chi connectivity index (χ1n) is 7.96. The SMILES string of the molecule is COc1ccc(OCCCC(=O)NC2CCNCC2C)cc1. The van der Waals surface area contributed by atoms with Gasteiger partial charge in [0.1, 0.15) is 11.5 Å². The number of hydrogen-bond acceptors (Lipinski definition) is 4. The van der Waals surface area contributed by atoms with Crippen LogP contribution in [-0.2, 0) is 4.79 Å². The number of hydrogen-bond donors (Lipinski definition) is 2. The summed E-state index contributed by atoms with van der Waals surface area (Å²) in [6.07, 6.45) is 2.24. The Labute approximate surface area is 132 Å². The fraction of sp³-hybridized carbons (Fsp3) is 0.588. The number of rotatable bonds is 7. The Balaban J connectivity index is 1.62. The minimum absolute atomic E-state index is 0.122. The lowest BCUT2D eigenvalue weighted by molar-refractivity contribution is -0.122. The summed E-state index contributed by atoms with van der Waals surface area (Å²) in [4.78, 5) is 11.9. The highest BCUT2D eigenvalue weighted by Gasteiger charge is 2.22. The maximum absolute atomic E-state index is 11.9. The first kappa shape index (κ1) is 16.6. The molecule has 2 N–H and O–H groups in total. The van der Waals surface area contributed by atoms with Crippen LogP contribution in [0.5, 0.6) is 11.5 Å². The van der Waals surface area contributed by atoms with Crippen molar-refractivity contribution in [2.24, 2.45) is 5.92 Å². The molecule has 5 nitrogen and oxygen atoms in total. The van der Waals surface area contributed by atoms with Gasteiger partial charge in [0, 0.05) is 12.5 Å². The fourth-order valence-corrected chi connectivity index (χ4v) is 2.60. The number of nitrogens with one attached hydrogen (secondary N) is 2. The molecule has 0 radical (unpaired) electrons. The fourth-order valence-electron chi connectivity index (χ4n) is 2.60. The van der Waals surface area contributed by atoms with Gasteiger partial charge < -0.3 is 20.1 Å².